The summed E-state index contributed by atoms with van der Waals surface area (Å²) < 4.78 is 38.8. The molecule has 1 saturated heterocycles. The molecular weight excluding hydrogens is 361 g/mol. The third-order valence-electron chi connectivity index (χ3n) is 4.62. The highest BCUT2D eigenvalue weighted by Crippen LogP contribution is 2.22. The molecule has 0 spiro atoms. The molecule has 1 fully saturated rings. The maximum absolute atomic E-state index is 13.2. The van der Waals surface area contributed by atoms with Gasteiger partial charge in [0, 0.05) is 31.6 Å². The number of carbonyl (C=O) groups excluding carboxylic acids is 1. The fraction of sp³-hybridized carbons (Fsp3) is 0.389. The molecule has 2 heterocycles. The van der Waals surface area contributed by atoms with Crippen molar-refractivity contribution in [1.29, 1.82) is 0 Å². The summed E-state index contributed by atoms with van der Waals surface area (Å²) in [6.45, 7) is 2.82. The molecule has 144 valence electrons. The van der Waals surface area contributed by atoms with Gasteiger partial charge in [0.15, 0.2) is 0 Å². The lowest BCUT2D eigenvalue weighted by atomic mass is 10.1. The molecule has 0 atom stereocenters. The van der Waals surface area contributed by atoms with Gasteiger partial charge >= 0.3 is 0 Å². The maximum Gasteiger partial charge on any atom is 0.269 e. The van der Waals surface area contributed by atoms with E-state index in [2.05, 4.69) is 10.2 Å². The number of hydrogen-bond donors (Lipinski definition) is 1. The molecule has 0 bridgehead atoms. The minimum absolute atomic E-state index is 0.0401. The molecule has 6 nitrogen and oxygen atoms in total. The Balaban J connectivity index is 1.75. The third kappa shape index (κ3) is 4.29. The summed E-state index contributed by atoms with van der Waals surface area (Å²) in [6, 6.07) is 4.40. The number of benzene rings is 1. The Morgan fingerprint density at radius 3 is 2.70 bits per heavy atom. The van der Waals surface area contributed by atoms with E-state index < -0.39 is 18.4 Å². The van der Waals surface area contributed by atoms with Crippen molar-refractivity contribution in [3.63, 3.8) is 0 Å². The number of amides is 1. The van der Waals surface area contributed by atoms with Crippen LogP contribution in [0.5, 0.6) is 0 Å². The molecule has 0 saturated carbocycles. The molecule has 27 heavy (non-hydrogen) atoms. The van der Waals surface area contributed by atoms with E-state index in [1.54, 1.807) is 22.8 Å². The van der Waals surface area contributed by atoms with E-state index in [1.165, 1.54) is 18.3 Å². The monoisotopic (exact) mass is 380 g/mol. The molecule has 0 unspecified atom stereocenters. The number of aromatic nitrogens is 2. The van der Waals surface area contributed by atoms with E-state index in [0.717, 1.165) is 11.1 Å². The van der Waals surface area contributed by atoms with Crippen LogP contribution in [-0.2, 0) is 17.8 Å². The predicted molar refractivity (Wildman–Crippen MR) is 93.3 cm³/mol. The number of aromatic amines is 1. The Morgan fingerprint density at radius 2 is 2.04 bits per heavy atom. The van der Waals surface area contributed by atoms with Crippen LogP contribution in [0.1, 0.15) is 16.7 Å². The average Bonchev–Trinajstić information content (AvgIpc) is 2.60. The van der Waals surface area contributed by atoms with Crippen LogP contribution >= 0.6 is 0 Å². The number of aryl methyl sites for hydroxylation is 1. The largest absolute Gasteiger partial charge is 0.359 e. The molecule has 1 aliphatic rings. The van der Waals surface area contributed by atoms with Crippen molar-refractivity contribution in [2.75, 3.05) is 24.5 Å². The smallest absolute Gasteiger partial charge is 0.269 e. The molecule has 0 radical (unpaired) electrons. The first kappa shape index (κ1) is 18.9. The first-order valence-electron chi connectivity index (χ1n) is 8.47. The number of carbonyl (C=O) groups is 1. The van der Waals surface area contributed by atoms with Gasteiger partial charge in [0.1, 0.15) is 5.82 Å². The van der Waals surface area contributed by atoms with E-state index in [1.807, 2.05) is 0 Å². The minimum Gasteiger partial charge on any atom is -0.359 e. The zero-order valence-electron chi connectivity index (χ0n) is 14.7. The number of anilines is 1. The van der Waals surface area contributed by atoms with Gasteiger partial charge in [-0.2, -0.15) is 5.10 Å². The van der Waals surface area contributed by atoms with Crippen molar-refractivity contribution < 1.29 is 18.0 Å². The highest BCUT2D eigenvalue weighted by molar-refractivity contribution is 5.83. The van der Waals surface area contributed by atoms with Gasteiger partial charge in [0.2, 0.25) is 12.3 Å². The summed E-state index contributed by atoms with van der Waals surface area (Å²) >= 11 is 0. The zero-order valence-corrected chi connectivity index (χ0v) is 14.7. The van der Waals surface area contributed by atoms with Crippen molar-refractivity contribution in [1.82, 2.24) is 15.1 Å². The summed E-state index contributed by atoms with van der Waals surface area (Å²) in [6.07, 6.45) is -2.08. The molecule has 1 amide bonds. The quantitative estimate of drug-likeness (QED) is 0.860. The van der Waals surface area contributed by atoms with E-state index in [0.29, 0.717) is 19.6 Å². The Kier molecular flexibility index (Phi) is 5.48. The molecule has 3 rings (SSSR count). The number of hydrogen-bond acceptors (Lipinski definition) is 4. The number of nitrogens with zero attached hydrogens (tertiary/aromatic N) is 3. The molecule has 1 N–H and O–H groups in total. The summed E-state index contributed by atoms with van der Waals surface area (Å²) in [5.74, 6) is -0.533. The summed E-state index contributed by atoms with van der Waals surface area (Å²) in [5.41, 5.74) is 1.10. The lowest BCUT2D eigenvalue weighted by molar-refractivity contribution is -0.131. The third-order valence-corrected chi connectivity index (χ3v) is 4.62. The topological polar surface area (TPSA) is 69.3 Å². The van der Waals surface area contributed by atoms with E-state index in [4.69, 9.17) is 0 Å². The maximum atomic E-state index is 13.2. The van der Waals surface area contributed by atoms with Gasteiger partial charge in [0.25, 0.3) is 5.56 Å². The number of H-pyrrole nitrogens is 1. The molecule has 0 aliphatic carbocycles. The van der Waals surface area contributed by atoms with Gasteiger partial charge in [-0.1, -0.05) is 6.07 Å². The van der Waals surface area contributed by atoms with Crippen LogP contribution < -0.4 is 10.5 Å². The number of halogens is 3. The SMILES string of the molecule is Cc1cc(F)ccc1CN1CCN(c2cn[nH]c(=O)c2CC(F)F)CC1=O. The normalized spacial score (nSPS) is 14.9. The van der Waals surface area contributed by atoms with E-state index in [-0.39, 0.29) is 29.5 Å². The Labute approximate surface area is 153 Å². The van der Waals surface area contributed by atoms with Crippen LogP contribution in [0.25, 0.3) is 0 Å². The highest BCUT2D eigenvalue weighted by atomic mass is 19.3. The molecule has 1 aromatic carbocycles. The second-order valence-corrected chi connectivity index (χ2v) is 6.47. The van der Waals surface area contributed by atoms with Crippen LogP contribution in [-0.4, -0.2) is 47.1 Å². The molecule has 1 aliphatic heterocycles. The zero-order chi connectivity index (χ0) is 19.6. The van der Waals surface area contributed by atoms with Crippen LogP contribution in [0, 0.1) is 12.7 Å². The first-order chi connectivity index (χ1) is 12.8. The molecule has 9 heteroatoms. The van der Waals surface area contributed by atoms with Crippen molar-refractivity contribution in [3.8, 4) is 0 Å². The van der Waals surface area contributed by atoms with Crippen molar-refractivity contribution >= 4 is 11.6 Å². The Morgan fingerprint density at radius 1 is 1.26 bits per heavy atom. The first-order valence-corrected chi connectivity index (χ1v) is 8.47. The second kappa shape index (κ2) is 7.81. The van der Waals surface area contributed by atoms with Gasteiger partial charge in [-0.3, -0.25) is 9.59 Å². The van der Waals surface area contributed by atoms with E-state index in [9.17, 15) is 22.8 Å². The molecule has 1 aromatic heterocycles. The lowest BCUT2D eigenvalue weighted by Crippen LogP contribution is -2.50. The molecule has 2 aromatic rings. The van der Waals surface area contributed by atoms with Gasteiger partial charge in [-0.25, -0.2) is 18.3 Å². The van der Waals surface area contributed by atoms with Crippen molar-refractivity contribution in [2.24, 2.45) is 0 Å². The van der Waals surface area contributed by atoms with Gasteiger partial charge in [-0.05, 0) is 30.2 Å². The Hall–Kier alpha value is -2.84. The lowest BCUT2D eigenvalue weighted by Gasteiger charge is -2.36. The number of nitrogens with one attached hydrogen (secondary N) is 1. The number of alkyl halides is 2. The standard InChI is InChI=1S/C18H19F3N4O2/c1-11-6-13(19)3-2-12(11)9-25-5-4-24(10-17(25)26)15-8-22-23-18(27)14(15)7-16(20)21/h2-3,6,8,16H,4-5,7,9-10H2,1H3,(H,23,27). The second-order valence-electron chi connectivity index (χ2n) is 6.47. The fourth-order valence-corrected chi connectivity index (χ4v) is 3.16. The van der Waals surface area contributed by atoms with Crippen molar-refractivity contribution in [2.45, 2.75) is 26.3 Å². The van der Waals surface area contributed by atoms with Crippen LogP contribution in [0.3, 0.4) is 0 Å². The van der Waals surface area contributed by atoms with Crippen LogP contribution in [0.15, 0.2) is 29.2 Å². The summed E-state index contributed by atoms with van der Waals surface area (Å²) in [7, 11) is 0. The van der Waals surface area contributed by atoms with Crippen LogP contribution in [0.4, 0.5) is 18.9 Å². The average molecular weight is 380 g/mol. The van der Waals surface area contributed by atoms with Crippen molar-refractivity contribution in [3.05, 3.63) is 57.3 Å². The Bertz CT molecular complexity index is 900. The predicted octanol–water partition coefficient (Wildman–Crippen LogP) is 1.87. The van der Waals surface area contributed by atoms with Crippen LogP contribution in [0.2, 0.25) is 0 Å². The number of piperazine rings is 1. The van der Waals surface area contributed by atoms with Gasteiger partial charge in [-0.15, -0.1) is 0 Å². The van der Waals surface area contributed by atoms with Gasteiger partial charge in [0.05, 0.1) is 18.4 Å². The van der Waals surface area contributed by atoms with E-state index >= 15 is 0 Å². The number of rotatable bonds is 5. The summed E-state index contributed by atoms with van der Waals surface area (Å²) in [4.78, 5) is 27.6. The molecular formula is C18H19F3N4O2. The highest BCUT2D eigenvalue weighted by Gasteiger charge is 2.27. The minimum atomic E-state index is -2.68. The summed E-state index contributed by atoms with van der Waals surface area (Å²) in [5, 5.41) is 5.83. The van der Waals surface area contributed by atoms with Gasteiger partial charge < -0.3 is 9.80 Å². The fourth-order valence-electron chi connectivity index (χ4n) is 3.16.